The zero-order valence-corrected chi connectivity index (χ0v) is 33.5. The van der Waals surface area contributed by atoms with Gasteiger partial charge in [0.15, 0.2) is 6.29 Å². The van der Waals surface area contributed by atoms with E-state index in [1.54, 1.807) is 0 Å². The highest BCUT2D eigenvalue weighted by Gasteiger charge is 2.44. The summed E-state index contributed by atoms with van der Waals surface area (Å²) in [5.41, 5.74) is 0. The molecule has 1 aliphatic rings. The lowest BCUT2D eigenvalue weighted by molar-refractivity contribution is -0.305. The van der Waals surface area contributed by atoms with E-state index in [0.717, 1.165) is 64.2 Å². The number of esters is 1. The van der Waals surface area contributed by atoms with Crippen molar-refractivity contribution in [2.75, 3.05) is 26.4 Å². The van der Waals surface area contributed by atoms with Gasteiger partial charge in [0.2, 0.25) is 0 Å². The monoisotopic (exact) mass is 751 g/mol. The number of aliphatic hydroxyl groups is 4. The topological polar surface area (TPSA) is 135 Å². The highest BCUT2D eigenvalue weighted by atomic mass is 16.7. The molecule has 1 rings (SSSR count). The number of rotatable bonds is 35. The SMILES string of the molecule is CC/C=C\C/C=C\C/C=C\C/C=C\CCCCCCCCCCCCC(=O)OC(COCCCCCCCCC)COC1OC(CO)C(O)C(O)C1O. The van der Waals surface area contributed by atoms with E-state index >= 15 is 0 Å². The molecule has 0 aromatic rings. The maximum absolute atomic E-state index is 12.7. The Kier molecular flexibility index (Phi) is 33.2. The lowest BCUT2D eigenvalue weighted by atomic mass is 9.99. The van der Waals surface area contributed by atoms with Gasteiger partial charge in [-0.3, -0.25) is 4.79 Å². The summed E-state index contributed by atoms with van der Waals surface area (Å²) < 4.78 is 22.7. The predicted molar refractivity (Wildman–Crippen MR) is 215 cm³/mol. The number of carbonyl (C=O) groups is 1. The fourth-order valence-corrected chi connectivity index (χ4v) is 6.19. The minimum Gasteiger partial charge on any atom is -0.457 e. The first-order valence-corrected chi connectivity index (χ1v) is 21.2. The third-order valence-electron chi connectivity index (χ3n) is 9.51. The maximum Gasteiger partial charge on any atom is 0.306 e. The van der Waals surface area contributed by atoms with Crippen LogP contribution in [-0.2, 0) is 23.7 Å². The van der Waals surface area contributed by atoms with Crippen molar-refractivity contribution in [3.63, 3.8) is 0 Å². The van der Waals surface area contributed by atoms with Crippen LogP contribution in [0.15, 0.2) is 48.6 Å². The second-order valence-electron chi connectivity index (χ2n) is 14.4. The number of carbonyl (C=O) groups excluding carboxylic acids is 1. The van der Waals surface area contributed by atoms with Crippen molar-refractivity contribution in [2.45, 2.75) is 198 Å². The average Bonchev–Trinajstić information content (AvgIpc) is 3.16. The number of ether oxygens (including phenoxy) is 4. The third kappa shape index (κ3) is 27.4. The van der Waals surface area contributed by atoms with Gasteiger partial charge in [0.25, 0.3) is 0 Å². The van der Waals surface area contributed by atoms with Crippen LogP contribution in [0.1, 0.15) is 162 Å². The molecule has 0 radical (unpaired) electrons. The molecule has 0 amide bonds. The first-order valence-electron chi connectivity index (χ1n) is 21.2. The lowest BCUT2D eigenvalue weighted by Crippen LogP contribution is -2.59. The molecular formula is C44H78O9. The van der Waals surface area contributed by atoms with E-state index in [1.165, 1.54) is 77.0 Å². The first kappa shape index (κ1) is 49.2. The molecule has 0 spiro atoms. The van der Waals surface area contributed by atoms with Crippen molar-refractivity contribution in [3.05, 3.63) is 48.6 Å². The molecule has 1 heterocycles. The second kappa shape index (κ2) is 35.8. The summed E-state index contributed by atoms with van der Waals surface area (Å²) in [7, 11) is 0. The van der Waals surface area contributed by atoms with Crippen molar-refractivity contribution in [1.29, 1.82) is 0 Å². The fraction of sp³-hybridized carbons (Fsp3) is 0.795. The van der Waals surface area contributed by atoms with Crippen molar-refractivity contribution in [2.24, 2.45) is 0 Å². The molecule has 9 nitrogen and oxygen atoms in total. The predicted octanol–water partition coefficient (Wildman–Crippen LogP) is 8.97. The minimum absolute atomic E-state index is 0.115. The largest absolute Gasteiger partial charge is 0.457 e. The van der Waals surface area contributed by atoms with Gasteiger partial charge in [-0.05, 0) is 51.4 Å². The van der Waals surface area contributed by atoms with Crippen LogP contribution in [0, 0.1) is 0 Å². The normalized spacial score (nSPS) is 21.5. The summed E-state index contributed by atoms with van der Waals surface area (Å²) in [5, 5.41) is 39.9. The third-order valence-corrected chi connectivity index (χ3v) is 9.51. The van der Waals surface area contributed by atoms with Crippen molar-refractivity contribution in [3.8, 4) is 0 Å². The van der Waals surface area contributed by atoms with Gasteiger partial charge >= 0.3 is 5.97 Å². The molecule has 0 aromatic carbocycles. The van der Waals surface area contributed by atoms with E-state index < -0.39 is 43.4 Å². The van der Waals surface area contributed by atoms with Crippen LogP contribution in [0.2, 0.25) is 0 Å². The number of aliphatic hydroxyl groups excluding tert-OH is 4. The van der Waals surface area contributed by atoms with Gasteiger partial charge in [0, 0.05) is 13.0 Å². The quantitative estimate of drug-likeness (QED) is 0.0285. The van der Waals surface area contributed by atoms with Crippen LogP contribution in [0.25, 0.3) is 0 Å². The fourth-order valence-electron chi connectivity index (χ4n) is 6.19. The molecule has 1 fully saturated rings. The summed E-state index contributed by atoms with van der Waals surface area (Å²) in [5.74, 6) is -0.322. The van der Waals surface area contributed by atoms with Crippen molar-refractivity contribution in [1.82, 2.24) is 0 Å². The lowest BCUT2D eigenvalue weighted by Gasteiger charge is -2.39. The van der Waals surface area contributed by atoms with Gasteiger partial charge in [-0.25, -0.2) is 0 Å². The molecule has 0 aromatic heterocycles. The summed E-state index contributed by atoms with van der Waals surface area (Å²) in [4.78, 5) is 12.7. The standard InChI is InChI=1S/C44H78O9/c1-3-5-7-9-11-12-13-14-15-16-17-18-19-20-21-22-23-24-25-26-27-29-31-33-40(46)52-38(36-50-34-32-30-28-10-8-6-4-2)37-51-44-43(49)42(48)41(47)39(35-45)53-44/h5,7,11-12,14-15,17-18,38-39,41-45,47-49H,3-4,6,8-10,13,16,19-37H2,1-2H3/b7-5-,12-11-,15-14-,18-17-. The van der Waals surface area contributed by atoms with Crippen molar-refractivity contribution >= 4 is 5.97 Å². The molecule has 1 saturated heterocycles. The number of allylic oxidation sites excluding steroid dienone is 8. The smallest absolute Gasteiger partial charge is 0.306 e. The Morgan fingerprint density at radius 1 is 0.623 bits per heavy atom. The maximum atomic E-state index is 12.7. The van der Waals surface area contributed by atoms with E-state index in [2.05, 4.69) is 62.5 Å². The van der Waals surface area contributed by atoms with Gasteiger partial charge < -0.3 is 39.4 Å². The molecule has 6 atom stereocenters. The molecule has 1 aliphatic heterocycles. The van der Waals surface area contributed by atoms with E-state index in [-0.39, 0.29) is 19.2 Å². The minimum atomic E-state index is -1.53. The summed E-state index contributed by atoms with van der Waals surface area (Å²) >= 11 is 0. The van der Waals surface area contributed by atoms with E-state index in [4.69, 9.17) is 18.9 Å². The summed E-state index contributed by atoms with van der Waals surface area (Å²) in [6, 6.07) is 0. The highest BCUT2D eigenvalue weighted by Crippen LogP contribution is 2.22. The Hall–Kier alpha value is -1.85. The van der Waals surface area contributed by atoms with Gasteiger partial charge in [-0.15, -0.1) is 0 Å². The molecule has 0 bridgehead atoms. The van der Waals surface area contributed by atoms with E-state index in [9.17, 15) is 25.2 Å². The Bertz CT molecular complexity index is 947. The van der Waals surface area contributed by atoms with Crippen LogP contribution in [-0.4, -0.2) is 89.6 Å². The summed E-state index contributed by atoms with van der Waals surface area (Å²) in [6.45, 7) is 4.40. The van der Waals surface area contributed by atoms with Crippen LogP contribution < -0.4 is 0 Å². The second-order valence-corrected chi connectivity index (χ2v) is 14.4. The van der Waals surface area contributed by atoms with Gasteiger partial charge in [-0.1, -0.05) is 152 Å². The summed E-state index contributed by atoms with van der Waals surface area (Å²) in [6.07, 6.45) is 35.8. The molecule has 6 unspecified atom stereocenters. The molecule has 53 heavy (non-hydrogen) atoms. The Morgan fingerprint density at radius 3 is 1.74 bits per heavy atom. The Morgan fingerprint density at radius 2 is 1.15 bits per heavy atom. The molecule has 4 N–H and O–H groups in total. The van der Waals surface area contributed by atoms with Gasteiger partial charge in [0.05, 0.1) is 19.8 Å². The molecule has 0 saturated carbocycles. The molecular weight excluding hydrogens is 672 g/mol. The van der Waals surface area contributed by atoms with Crippen LogP contribution in [0.4, 0.5) is 0 Å². The number of unbranched alkanes of at least 4 members (excludes halogenated alkanes) is 16. The average molecular weight is 751 g/mol. The van der Waals surface area contributed by atoms with E-state index in [0.29, 0.717) is 13.0 Å². The van der Waals surface area contributed by atoms with Crippen LogP contribution in [0.3, 0.4) is 0 Å². The van der Waals surface area contributed by atoms with E-state index in [1.807, 2.05) is 0 Å². The molecule has 308 valence electrons. The highest BCUT2D eigenvalue weighted by molar-refractivity contribution is 5.69. The zero-order chi connectivity index (χ0) is 38.6. The molecule has 9 heteroatoms. The Labute approximate surface area is 322 Å². The number of hydrogen-bond acceptors (Lipinski definition) is 9. The molecule has 0 aliphatic carbocycles. The first-order chi connectivity index (χ1) is 25.9. The van der Waals surface area contributed by atoms with Gasteiger partial charge in [0.1, 0.15) is 30.5 Å². The zero-order valence-electron chi connectivity index (χ0n) is 33.5. The number of hydrogen-bond donors (Lipinski definition) is 4. The Balaban J connectivity index is 2.18. The van der Waals surface area contributed by atoms with Gasteiger partial charge in [-0.2, -0.15) is 0 Å². The van der Waals surface area contributed by atoms with Crippen molar-refractivity contribution < 1.29 is 44.2 Å². The van der Waals surface area contributed by atoms with Crippen LogP contribution >= 0.6 is 0 Å². The van der Waals surface area contributed by atoms with Crippen LogP contribution in [0.5, 0.6) is 0 Å².